The van der Waals surface area contributed by atoms with E-state index in [1.54, 1.807) is 19.1 Å². The van der Waals surface area contributed by atoms with Gasteiger partial charge in [0.1, 0.15) is 0 Å². The van der Waals surface area contributed by atoms with Crippen LogP contribution >= 0.6 is 0 Å². The maximum Gasteiger partial charge on any atom is 0.273 e. The fourth-order valence-corrected chi connectivity index (χ4v) is 2.94. The van der Waals surface area contributed by atoms with E-state index < -0.39 is 5.92 Å². The van der Waals surface area contributed by atoms with E-state index in [1.807, 2.05) is 6.92 Å². The molecule has 0 aliphatic carbocycles. The summed E-state index contributed by atoms with van der Waals surface area (Å²) in [6.07, 6.45) is 1.39. The van der Waals surface area contributed by atoms with E-state index in [1.165, 1.54) is 5.56 Å². The van der Waals surface area contributed by atoms with Crippen LogP contribution in [0.2, 0.25) is 0 Å². The Bertz CT molecular complexity index is 466. The summed E-state index contributed by atoms with van der Waals surface area (Å²) >= 11 is 0. The van der Waals surface area contributed by atoms with Gasteiger partial charge in [-0.3, -0.25) is 0 Å². The Morgan fingerprint density at radius 3 is 2.58 bits per heavy atom. The maximum atomic E-state index is 14.1. The minimum Gasteiger partial charge on any atom is -0.369 e. The van der Waals surface area contributed by atoms with Crippen LogP contribution in [0.1, 0.15) is 50.3 Å². The molecule has 106 valence electrons. The lowest BCUT2D eigenvalue weighted by Crippen LogP contribution is -2.28. The van der Waals surface area contributed by atoms with E-state index in [2.05, 4.69) is 18.7 Å². The first-order valence-corrected chi connectivity index (χ1v) is 7.15. The molecule has 1 heterocycles. The Labute approximate surface area is 114 Å². The van der Waals surface area contributed by atoms with Gasteiger partial charge in [0.25, 0.3) is 5.92 Å². The Balaban J connectivity index is 2.45. The van der Waals surface area contributed by atoms with E-state index in [0.717, 1.165) is 24.2 Å². The monoisotopic (exact) mass is 267 g/mol. The van der Waals surface area contributed by atoms with Crippen molar-refractivity contribution >= 4 is 5.69 Å². The van der Waals surface area contributed by atoms with Crippen LogP contribution in [0.4, 0.5) is 14.5 Å². The molecule has 0 atom stereocenters. The normalized spacial score (nSPS) is 15.2. The van der Waals surface area contributed by atoms with Gasteiger partial charge in [0.2, 0.25) is 0 Å². The van der Waals surface area contributed by atoms with E-state index in [-0.39, 0.29) is 12.0 Å². The van der Waals surface area contributed by atoms with E-state index >= 15 is 0 Å². The largest absolute Gasteiger partial charge is 0.369 e. The molecule has 0 saturated heterocycles. The smallest absolute Gasteiger partial charge is 0.273 e. The van der Waals surface area contributed by atoms with Gasteiger partial charge >= 0.3 is 0 Å². The lowest BCUT2D eigenvalue weighted by molar-refractivity contribution is -0.0140. The van der Waals surface area contributed by atoms with Gasteiger partial charge in [0.05, 0.1) is 0 Å². The molecule has 2 rings (SSSR count). The van der Waals surface area contributed by atoms with Crippen LogP contribution in [0.25, 0.3) is 0 Å². The molecule has 19 heavy (non-hydrogen) atoms. The lowest BCUT2D eigenvalue weighted by atomic mass is 9.97. The second kappa shape index (κ2) is 5.10. The zero-order valence-corrected chi connectivity index (χ0v) is 12.3. The van der Waals surface area contributed by atoms with Gasteiger partial charge in [-0.25, -0.2) is 8.78 Å². The molecule has 3 heteroatoms. The minimum atomic E-state index is -2.71. The highest BCUT2D eigenvalue weighted by Crippen LogP contribution is 2.40. The molecule has 0 amide bonds. The summed E-state index contributed by atoms with van der Waals surface area (Å²) < 4.78 is 28.2. The van der Waals surface area contributed by atoms with Gasteiger partial charge in [0.15, 0.2) is 0 Å². The molecular weight excluding hydrogens is 244 g/mol. The molecule has 0 aromatic heterocycles. The van der Waals surface area contributed by atoms with Crippen LogP contribution in [-0.2, 0) is 12.3 Å². The van der Waals surface area contributed by atoms with Crippen molar-refractivity contribution in [2.75, 3.05) is 11.4 Å². The van der Waals surface area contributed by atoms with Gasteiger partial charge in [-0.05, 0) is 50.5 Å². The number of rotatable bonds is 4. The van der Waals surface area contributed by atoms with Gasteiger partial charge in [0, 0.05) is 30.3 Å². The van der Waals surface area contributed by atoms with Crippen molar-refractivity contribution in [3.8, 4) is 0 Å². The summed E-state index contributed by atoms with van der Waals surface area (Å²) in [6, 6.07) is 3.75. The number of benzene rings is 1. The topological polar surface area (TPSA) is 3.24 Å². The number of anilines is 1. The number of aryl methyl sites for hydroxylation is 1. The molecule has 0 fully saturated rings. The first-order chi connectivity index (χ1) is 8.86. The fraction of sp³-hybridized carbons (Fsp3) is 0.625. The zero-order valence-electron chi connectivity index (χ0n) is 12.3. The third-order valence-electron chi connectivity index (χ3n) is 3.97. The van der Waals surface area contributed by atoms with Crippen molar-refractivity contribution in [3.05, 3.63) is 28.8 Å². The van der Waals surface area contributed by atoms with Crippen molar-refractivity contribution in [2.24, 2.45) is 0 Å². The highest BCUT2D eigenvalue weighted by molar-refractivity contribution is 5.63. The minimum absolute atomic E-state index is 0.0765. The number of fused-ring (bicyclic) bond motifs is 1. The molecule has 0 radical (unpaired) electrons. The quantitative estimate of drug-likeness (QED) is 0.767. The Morgan fingerprint density at radius 1 is 1.32 bits per heavy atom. The van der Waals surface area contributed by atoms with Crippen molar-refractivity contribution in [2.45, 2.75) is 58.9 Å². The third kappa shape index (κ3) is 2.60. The van der Waals surface area contributed by atoms with Crippen molar-refractivity contribution in [1.82, 2.24) is 0 Å². The molecular formula is C16H23F2N. The maximum absolute atomic E-state index is 14.1. The molecule has 1 aromatic carbocycles. The molecule has 0 bridgehead atoms. The Hall–Kier alpha value is -1.12. The van der Waals surface area contributed by atoms with Gasteiger partial charge in [-0.1, -0.05) is 13.3 Å². The van der Waals surface area contributed by atoms with E-state index in [9.17, 15) is 8.78 Å². The van der Waals surface area contributed by atoms with Crippen LogP contribution in [0, 0.1) is 6.92 Å². The van der Waals surface area contributed by atoms with Crippen molar-refractivity contribution in [1.29, 1.82) is 0 Å². The van der Waals surface area contributed by atoms with E-state index in [0.29, 0.717) is 12.5 Å². The lowest BCUT2D eigenvalue weighted by Gasteiger charge is -2.26. The van der Waals surface area contributed by atoms with Crippen LogP contribution in [-0.4, -0.2) is 12.6 Å². The van der Waals surface area contributed by atoms with Gasteiger partial charge in [-0.15, -0.1) is 0 Å². The summed E-state index contributed by atoms with van der Waals surface area (Å²) in [5, 5.41) is 0. The molecule has 1 aliphatic rings. The van der Waals surface area contributed by atoms with Crippen molar-refractivity contribution < 1.29 is 8.78 Å². The average molecular weight is 267 g/mol. The van der Waals surface area contributed by atoms with E-state index in [4.69, 9.17) is 0 Å². The molecule has 1 aliphatic heterocycles. The first kappa shape index (κ1) is 14.3. The SMILES string of the molecule is CCCC(F)(F)c1cc(C)c2c(c1)N(C(C)C)CC2. The number of halogens is 2. The van der Waals surface area contributed by atoms with Crippen LogP contribution in [0.3, 0.4) is 0 Å². The Kier molecular flexibility index (Phi) is 3.84. The number of hydrogen-bond donors (Lipinski definition) is 0. The molecule has 1 aromatic rings. The number of hydrogen-bond acceptors (Lipinski definition) is 1. The first-order valence-electron chi connectivity index (χ1n) is 7.15. The summed E-state index contributed by atoms with van der Waals surface area (Å²) in [5.74, 6) is -2.71. The highest BCUT2D eigenvalue weighted by atomic mass is 19.3. The predicted molar refractivity (Wildman–Crippen MR) is 76.2 cm³/mol. The van der Waals surface area contributed by atoms with Crippen LogP contribution in [0.15, 0.2) is 12.1 Å². The molecule has 0 saturated carbocycles. The second-order valence-electron chi connectivity index (χ2n) is 5.78. The average Bonchev–Trinajstić information content (AvgIpc) is 2.73. The zero-order chi connectivity index (χ0) is 14.2. The number of alkyl halides is 2. The molecule has 0 N–H and O–H groups in total. The summed E-state index contributed by atoms with van der Waals surface area (Å²) in [6.45, 7) is 8.92. The van der Waals surface area contributed by atoms with Gasteiger partial charge < -0.3 is 4.90 Å². The third-order valence-corrected chi connectivity index (χ3v) is 3.97. The highest BCUT2D eigenvalue weighted by Gasteiger charge is 2.33. The standard InChI is InChI=1S/C16H23F2N/c1-5-7-16(17,18)13-9-12(4)14-6-8-19(11(2)3)15(14)10-13/h9-11H,5-8H2,1-4H3. The molecule has 1 nitrogen and oxygen atoms in total. The Morgan fingerprint density at radius 2 is 2.00 bits per heavy atom. The summed E-state index contributed by atoms with van der Waals surface area (Å²) in [5.41, 5.74) is 3.44. The summed E-state index contributed by atoms with van der Waals surface area (Å²) in [7, 11) is 0. The van der Waals surface area contributed by atoms with Gasteiger partial charge in [-0.2, -0.15) is 0 Å². The fourth-order valence-electron chi connectivity index (χ4n) is 2.94. The van der Waals surface area contributed by atoms with Crippen LogP contribution in [0.5, 0.6) is 0 Å². The second-order valence-corrected chi connectivity index (χ2v) is 5.78. The predicted octanol–water partition coefficient (Wildman–Crippen LogP) is 4.66. The summed E-state index contributed by atoms with van der Waals surface area (Å²) in [4.78, 5) is 2.23. The molecule has 0 spiro atoms. The van der Waals surface area contributed by atoms with Crippen LogP contribution < -0.4 is 4.90 Å². The van der Waals surface area contributed by atoms with Crippen molar-refractivity contribution in [3.63, 3.8) is 0 Å². The number of nitrogens with zero attached hydrogens (tertiary/aromatic N) is 1. The molecule has 0 unspecified atom stereocenters.